The number of carbonyl (C=O) groups is 1. The summed E-state index contributed by atoms with van der Waals surface area (Å²) in [7, 11) is 1.33. The van der Waals surface area contributed by atoms with E-state index in [1.165, 1.54) is 19.2 Å². The highest BCUT2D eigenvalue weighted by atomic mass is 19.1. The van der Waals surface area contributed by atoms with Crippen molar-refractivity contribution in [3.63, 3.8) is 0 Å². The Morgan fingerprint density at radius 2 is 1.79 bits per heavy atom. The molecule has 3 nitrogen and oxygen atoms in total. The number of ether oxygens (including phenoxy) is 1. The van der Waals surface area contributed by atoms with Gasteiger partial charge in [0.15, 0.2) is 0 Å². The van der Waals surface area contributed by atoms with Crippen LogP contribution in [-0.2, 0) is 9.53 Å². The van der Waals surface area contributed by atoms with Gasteiger partial charge in [-0.05, 0) is 30.3 Å². The number of para-hydroxylation sites is 1. The van der Waals surface area contributed by atoms with Crippen LogP contribution in [-0.4, -0.2) is 19.6 Å². The molecule has 0 bridgehead atoms. The van der Waals surface area contributed by atoms with E-state index in [0.717, 1.165) is 5.69 Å². The monoisotopic (exact) mass is 259 g/mol. The number of rotatable bonds is 4. The van der Waals surface area contributed by atoms with Gasteiger partial charge < -0.3 is 9.64 Å². The molecule has 0 aliphatic carbocycles. The van der Waals surface area contributed by atoms with Crippen LogP contribution >= 0.6 is 0 Å². The Hall–Kier alpha value is -2.36. The van der Waals surface area contributed by atoms with Crippen molar-refractivity contribution < 1.29 is 13.9 Å². The first-order valence-corrected chi connectivity index (χ1v) is 5.85. The first-order valence-electron chi connectivity index (χ1n) is 5.85. The second kappa shape index (κ2) is 6.00. The van der Waals surface area contributed by atoms with Crippen molar-refractivity contribution >= 4 is 17.3 Å². The molecule has 0 atom stereocenters. The highest BCUT2D eigenvalue weighted by Gasteiger charge is 2.14. The average Bonchev–Trinajstić information content (AvgIpc) is 2.45. The molecule has 98 valence electrons. The average molecular weight is 259 g/mol. The zero-order valence-corrected chi connectivity index (χ0v) is 10.5. The van der Waals surface area contributed by atoms with Crippen molar-refractivity contribution in [3.8, 4) is 0 Å². The molecule has 2 aromatic carbocycles. The van der Waals surface area contributed by atoms with Gasteiger partial charge in [-0.1, -0.05) is 24.3 Å². The predicted octanol–water partition coefficient (Wildman–Crippen LogP) is 3.14. The SMILES string of the molecule is COC(=O)CN(c1ccccc1)c1cccc(F)c1. The molecule has 0 amide bonds. The van der Waals surface area contributed by atoms with Crippen molar-refractivity contribution in [1.29, 1.82) is 0 Å². The van der Waals surface area contributed by atoms with E-state index in [9.17, 15) is 9.18 Å². The maximum Gasteiger partial charge on any atom is 0.325 e. The Morgan fingerprint density at radius 3 is 2.42 bits per heavy atom. The van der Waals surface area contributed by atoms with Crippen molar-refractivity contribution in [2.45, 2.75) is 0 Å². The van der Waals surface area contributed by atoms with Gasteiger partial charge in [0.25, 0.3) is 0 Å². The fraction of sp³-hybridized carbons (Fsp3) is 0.133. The molecule has 0 saturated heterocycles. The topological polar surface area (TPSA) is 29.5 Å². The molecular weight excluding hydrogens is 245 g/mol. The van der Waals surface area contributed by atoms with Gasteiger partial charge in [0, 0.05) is 11.4 Å². The first-order chi connectivity index (χ1) is 9.20. The van der Waals surface area contributed by atoms with Crippen molar-refractivity contribution in [2.24, 2.45) is 0 Å². The third-order valence-electron chi connectivity index (χ3n) is 2.70. The molecule has 0 unspecified atom stereocenters. The Labute approximate surface area is 111 Å². The van der Waals surface area contributed by atoms with Crippen LogP contribution in [0.5, 0.6) is 0 Å². The summed E-state index contributed by atoms with van der Waals surface area (Å²) in [6.45, 7) is 0.0317. The summed E-state index contributed by atoms with van der Waals surface area (Å²) >= 11 is 0. The summed E-state index contributed by atoms with van der Waals surface area (Å²) in [5.41, 5.74) is 1.41. The summed E-state index contributed by atoms with van der Waals surface area (Å²) in [6.07, 6.45) is 0. The van der Waals surface area contributed by atoms with Gasteiger partial charge in [0.2, 0.25) is 0 Å². The number of methoxy groups -OCH3 is 1. The van der Waals surface area contributed by atoms with E-state index < -0.39 is 0 Å². The number of hydrogen-bond donors (Lipinski definition) is 0. The van der Waals surface area contributed by atoms with E-state index in [0.29, 0.717) is 5.69 Å². The molecule has 0 radical (unpaired) electrons. The lowest BCUT2D eigenvalue weighted by atomic mass is 10.2. The van der Waals surface area contributed by atoms with Crippen LogP contribution in [0.4, 0.5) is 15.8 Å². The highest BCUT2D eigenvalue weighted by Crippen LogP contribution is 2.25. The lowest BCUT2D eigenvalue weighted by Crippen LogP contribution is -2.26. The maximum absolute atomic E-state index is 13.3. The number of carbonyl (C=O) groups excluding carboxylic acids is 1. The molecule has 19 heavy (non-hydrogen) atoms. The number of hydrogen-bond acceptors (Lipinski definition) is 3. The molecule has 2 aromatic rings. The Balaban J connectivity index is 2.37. The van der Waals surface area contributed by atoms with Gasteiger partial charge >= 0.3 is 5.97 Å². The number of anilines is 2. The lowest BCUT2D eigenvalue weighted by molar-refractivity contribution is -0.138. The second-order valence-electron chi connectivity index (χ2n) is 3.98. The molecule has 0 N–H and O–H groups in total. The summed E-state index contributed by atoms with van der Waals surface area (Å²) < 4.78 is 18.0. The molecule has 0 aliphatic rings. The summed E-state index contributed by atoms with van der Waals surface area (Å²) in [4.78, 5) is 13.2. The Kier molecular flexibility index (Phi) is 4.13. The molecule has 0 saturated carbocycles. The minimum Gasteiger partial charge on any atom is -0.468 e. The zero-order valence-electron chi connectivity index (χ0n) is 10.5. The van der Waals surface area contributed by atoms with Crippen LogP contribution in [0.15, 0.2) is 54.6 Å². The van der Waals surface area contributed by atoms with Crippen molar-refractivity contribution in [1.82, 2.24) is 0 Å². The number of halogens is 1. The normalized spacial score (nSPS) is 10.0. The lowest BCUT2D eigenvalue weighted by Gasteiger charge is -2.23. The van der Waals surface area contributed by atoms with Crippen LogP contribution in [0.25, 0.3) is 0 Å². The minimum atomic E-state index is -0.381. The van der Waals surface area contributed by atoms with Crippen LogP contribution in [0.1, 0.15) is 0 Å². The molecule has 0 heterocycles. The Bertz CT molecular complexity index is 557. The van der Waals surface area contributed by atoms with Gasteiger partial charge in [-0.3, -0.25) is 4.79 Å². The largest absolute Gasteiger partial charge is 0.468 e. The van der Waals surface area contributed by atoms with Crippen LogP contribution in [0, 0.1) is 5.82 Å². The summed E-state index contributed by atoms with van der Waals surface area (Å²) in [6, 6.07) is 15.4. The van der Waals surface area contributed by atoms with Crippen LogP contribution in [0.2, 0.25) is 0 Å². The second-order valence-corrected chi connectivity index (χ2v) is 3.98. The van der Waals surface area contributed by atoms with Crippen molar-refractivity contribution in [3.05, 3.63) is 60.4 Å². The van der Waals surface area contributed by atoms with Gasteiger partial charge in [-0.15, -0.1) is 0 Å². The quantitative estimate of drug-likeness (QED) is 0.790. The standard InChI is InChI=1S/C15H14FNO2/c1-19-15(18)11-17(13-7-3-2-4-8-13)14-9-5-6-12(16)10-14/h2-10H,11H2,1H3. The highest BCUT2D eigenvalue weighted by molar-refractivity contribution is 5.79. The predicted molar refractivity (Wildman–Crippen MR) is 71.9 cm³/mol. The molecule has 0 spiro atoms. The smallest absolute Gasteiger partial charge is 0.325 e. The third-order valence-corrected chi connectivity index (χ3v) is 2.70. The van der Waals surface area contributed by atoms with Crippen LogP contribution in [0.3, 0.4) is 0 Å². The van der Waals surface area contributed by atoms with E-state index in [2.05, 4.69) is 4.74 Å². The van der Waals surface area contributed by atoms with E-state index in [1.807, 2.05) is 30.3 Å². The van der Waals surface area contributed by atoms with Crippen molar-refractivity contribution in [2.75, 3.05) is 18.6 Å². The van der Waals surface area contributed by atoms with E-state index >= 15 is 0 Å². The van der Waals surface area contributed by atoms with Gasteiger partial charge in [0.1, 0.15) is 12.4 Å². The van der Waals surface area contributed by atoms with Crippen LogP contribution < -0.4 is 4.90 Å². The van der Waals surface area contributed by atoms with E-state index in [1.54, 1.807) is 17.0 Å². The first kappa shape index (κ1) is 13.1. The fourth-order valence-electron chi connectivity index (χ4n) is 1.78. The zero-order chi connectivity index (χ0) is 13.7. The van der Waals surface area contributed by atoms with Gasteiger partial charge in [-0.25, -0.2) is 4.39 Å². The van der Waals surface area contributed by atoms with E-state index in [-0.39, 0.29) is 18.3 Å². The molecule has 2 rings (SSSR count). The third kappa shape index (κ3) is 3.31. The molecule has 0 fully saturated rings. The van der Waals surface area contributed by atoms with Gasteiger partial charge in [-0.2, -0.15) is 0 Å². The number of nitrogens with zero attached hydrogens (tertiary/aromatic N) is 1. The molecule has 0 aromatic heterocycles. The molecular formula is C15H14FNO2. The maximum atomic E-state index is 13.3. The molecule has 0 aliphatic heterocycles. The minimum absolute atomic E-state index is 0.0317. The fourth-order valence-corrected chi connectivity index (χ4v) is 1.78. The number of esters is 1. The molecule has 4 heteroatoms. The number of benzene rings is 2. The summed E-state index contributed by atoms with van der Waals surface area (Å²) in [5, 5.41) is 0. The Morgan fingerprint density at radius 1 is 1.11 bits per heavy atom. The summed E-state index contributed by atoms with van der Waals surface area (Å²) in [5.74, 6) is -0.726. The van der Waals surface area contributed by atoms with E-state index in [4.69, 9.17) is 0 Å². The van der Waals surface area contributed by atoms with Gasteiger partial charge in [0.05, 0.1) is 7.11 Å².